The number of rotatable bonds is 8. The Bertz CT molecular complexity index is 1370. The maximum atomic E-state index is 13.2. The molecule has 0 radical (unpaired) electrons. The average molecular weight is 544 g/mol. The number of fused-ring (bicyclic) bond motifs is 3. The molecule has 2 aliphatic rings. The number of ether oxygens (including phenoxy) is 2. The number of aromatic carboxylic acids is 1. The first-order valence-electron chi connectivity index (χ1n) is 13.0. The Hall–Kier alpha value is -4.70. The van der Waals surface area contributed by atoms with Crippen LogP contribution in [0.25, 0.3) is 11.1 Å². The van der Waals surface area contributed by atoms with E-state index in [-0.39, 0.29) is 30.4 Å². The van der Waals surface area contributed by atoms with Gasteiger partial charge < -0.3 is 30.1 Å². The summed E-state index contributed by atoms with van der Waals surface area (Å²) in [6, 6.07) is 20.3. The highest BCUT2D eigenvalue weighted by atomic mass is 16.5. The molecule has 1 atom stereocenters. The van der Waals surface area contributed by atoms with Gasteiger partial charge in [0, 0.05) is 24.7 Å². The van der Waals surface area contributed by atoms with Crippen LogP contribution in [-0.4, -0.2) is 72.8 Å². The molecule has 0 bridgehead atoms. The molecule has 0 spiro atoms. The minimum Gasteiger partial charge on any atom is -0.478 e. The van der Waals surface area contributed by atoms with Crippen LogP contribution in [0, 0.1) is 0 Å². The van der Waals surface area contributed by atoms with Gasteiger partial charge in [0.2, 0.25) is 11.8 Å². The van der Waals surface area contributed by atoms with Gasteiger partial charge in [-0.25, -0.2) is 9.59 Å². The standard InChI is InChI=1S/C30H29N3O7/c34-27(33-13-15-39-16-14-33)17-26(28(35)31-20-11-9-19(10-12-20)29(36)37)32-30(38)40-18-25-23-7-3-1-5-21(23)22-6-2-4-8-24(22)25/h1-12,25-26H,13-18H2,(H,31,35)(H,32,38)(H,36,37)/t26-/m0/s1. The fraction of sp³-hybridized carbons (Fsp3) is 0.267. The number of alkyl carbamates (subject to hydrolysis) is 1. The molecule has 1 fully saturated rings. The predicted octanol–water partition coefficient (Wildman–Crippen LogP) is 3.48. The molecule has 5 rings (SSSR count). The summed E-state index contributed by atoms with van der Waals surface area (Å²) in [5.41, 5.74) is 4.68. The van der Waals surface area contributed by atoms with Gasteiger partial charge in [0.15, 0.2) is 0 Å². The molecule has 0 unspecified atom stereocenters. The lowest BCUT2D eigenvalue weighted by Crippen LogP contribution is -2.49. The largest absolute Gasteiger partial charge is 0.478 e. The lowest BCUT2D eigenvalue weighted by molar-refractivity contribution is -0.137. The van der Waals surface area contributed by atoms with Crippen LogP contribution in [0.1, 0.15) is 33.8 Å². The summed E-state index contributed by atoms with van der Waals surface area (Å²) >= 11 is 0. The number of carbonyl (C=O) groups excluding carboxylic acids is 3. The second-order valence-corrected chi connectivity index (χ2v) is 9.59. The highest BCUT2D eigenvalue weighted by Crippen LogP contribution is 2.44. The molecule has 3 N–H and O–H groups in total. The zero-order chi connectivity index (χ0) is 28.1. The minimum atomic E-state index is -1.22. The molecular weight excluding hydrogens is 514 g/mol. The molecule has 10 nitrogen and oxygen atoms in total. The Morgan fingerprint density at radius 3 is 2.10 bits per heavy atom. The van der Waals surface area contributed by atoms with Gasteiger partial charge in [-0.1, -0.05) is 48.5 Å². The molecule has 3 aromatic rings. The number of carbonyl (C=O) groups is 4. The molecule has 0 aromatic heterocycles. The third kappa shape index (κ3) is 5.97. The predicted molar refractivity (Wildman–Crippen MR) is 146 cm³/mol. The highest BCUT2D eigenvalue weighted by molar-refractivity contribution is 5.99. The fourth-order valence-corrected chi connectivity index (χ4v) is 5.03. The van der Waals surface area contributed by atoms with Crippen molar-refractivity contribution in [3.63, 3.8) is 0 Å². The lowest BCUT2D eigenvalue weighted by atomic mass is 9.98. The van der Waals surface area contributed by atoms with Crippen LogP contribution in [0.5, 0.6) is 0 Å². The van der Waals surface area contributed by atoms with Gasteiger partial charge in [0.05, 0.1) is 25.2 Å². The van der Waals surface area contributed by atoms with Gasteiger partial charge in [-0.05, 0) is 46.5 Å². The Morgan fingerprint density at radius 1 is 0.900 bits per heavy atom. The summed E-state index contributed by atoms with van der Waals surface area (Å²) in [6.07, 6.45) is -1.10. The fourth-order valence-electron chi connectivity index (χ4n) is 5.03. The number of benzene rings is 3. The van der Waals surface area contributed by atoms with Crippen LogP contribution in [0.15, 0.2) is 72.8 Å². The zero-order valence-corrected chi connectivity index (χ0v) is 21.7. The second kappa shape index (κ2) is 12.0. The summed E-state index contributed by atoms with van der Waals surface area (Å²) in [7, 11) is 0. The van der Waals surface area contributed by atoms with E-state index in [0.717, 1.165) is 22.3 Å². The molecule has 206 valence electrons. The molecule has 1 aliphatic heterocycles. The number of carboxylic acids is 1. The summed E-state index contributed by atoms with van der Waals surface area (Å²) in [6.45, 7) is 1.66. The number of nitrogens with one attached hydrogen (secondary N) is 2. The van der Waals surface area contributed by atoms with Gasteiger partial charge >= 0.3 is 12.1 Å². The summed E-state index contributed by atoms with van der Waals surface area (Å²) in [5, 5.41) is 14.3. The van der Waals surface area contributed by atoms with Crippen molar-refractivity contribution in [2.24, 2.45) is 0 Å². The van der Waals surface area contributed by atoms with Crippen molar-refractivity contribution in [2.75, 3.05) is 38.2 Å². The molecular formula is C30H29N3O7. The Balaban J connectivity index is 1.27. The van der Waals surface area contributed by atoms with Crippen LogP contribution < -0.4 is 10.6 Å². The summed E-state index contributed by atoms with van der Waals surface area (Å²) in [5.74, 6) is -2.18. The van der Waals surface area contributed by atoms with E-state index in [1.807, 2.05) is 48.5 Å². The number of nitrogens with zero attached hydrogens (tertiary/aromatic N) is 1. The van der Waals surface area contributed by atoms with E-state index < -0.39 is 24.0 Å². The van der Waals surface area contributed by atoms with Crippen molar-refractivity contribution in [1.29, 1.82) is 0 Å². The SMILES string of the molecule is O=C(N[C@@H](CC(=O)N1CCOCC1)C(=O)Nc1ccc(C(=O)O)cc1)OCC1c2ccccc2-c2ccccc21. The molecule has 1 saturated heterocycles. The highest BCUT2D eigenvalue weighted by Gasteiger charge is 2.31. The summed E-state index contributed by atoms with van der Waals surface area (Å²) in [4.78, 5) is 51.8. The molecule has 1 aliphatic carbocycles. The maximum Gasteiger partial charge on any atom is 0.407 e. The Labute approximate surface area is 230 Å². The van der Waals surface area contributed by atoms with Gasteiger partial charge in [-0.15, -0.1) is 0 Å². The third-order valence-electron chi connectivity index (χ3n) is 7.09. The van der Waals surface area contributed by atoms with Crippen molar-refractivity contribution in [3.8, 4) is 11.1 Å². The average Bonchev–Trinajstić information content (AvgIpc) is 3.30. The van der Waals surface area contributed by atoms with Crippen molar-refractivity contribution in [3.05, 3.63) is 89.5 Å². The smallest absolute Gasteiger partial charge is 0.407 e. The maximum absolute atomic E-state index is 13.2. The van der Waals surface area contributed by atoms with Crippen molar-refractivity contribution in [1.82, 2.24) is 10.2 Å². The van der Waals surface area contributed by atoms with E-state index in [9.17, 15) is 19.2 Å². The monoisotopic (exact) mass is 543 g/mol. The van der Waals surface area contributed by atoms with Gasteiger partial charge in [-0.2, -0.15) is 0 Å². The van der Waals surface area contributed by atoms with Crippen molar-refractivity contribution < 1.29 is 33.8 Å². The lowest BCUT2D eigenvalue weighted by Gasteiger charge is -2.28. The van der Waals surface area contributed by atoms with E-state index >= 15 is 0 Å². The molecule has 10 heteroatoms. The van der Waals surface area contributed by atoms with Crippen molar-refractivity contribution in [2.45, 2.75) is 18.4 Å². The van der Waals surface area contributed by atoms with E-state index in [4.69, 9.17) is 14.6 Å². The van der Waals surface area contributed by atoms with Crippen LogP contribution in [0.2, 0.25) is 0 Å². The number of anilines is 1. The molecule has 3 amide bonds. The molecule has 3 aromatic carbocycles. The Kier molecular flexibility index (Phi) is 8.07. The van der Waals surface area contributed by atoms with E-state index in [1.165, 1.54) is 24.3 Å². The minimum absolute atomic E-state index is 0.0578. The topological polar surface area (TPSA) is 134 Å². The summed E-state index contributed by atoms with van der Waals surface area (Å²) < 4.78 is 10.9. The molecule has 0 saturated carbocycles. The first kappa shape index (κ1) is 26.9. The van der Waals surface area contributed by atoms with Crippen LogP contribution in [0.4, 0.5) is 10.5 Å². The Morgan fingerprint density at radius 2 is 1.50 bits per heavy atom. The van der Waals surface area contributed by atoms with Crippen LogP contribution >= 0.6 is 0 Å². The number of amides is 3. The zero-order valence-electron chi connectivity index (χ0n) is 21.7. The number of hydrogen-bond acceptors (Lipinski definition) is 6. The van der Waals surface area contributed by atoms with Crippen LogP contribution in [-0.2, 0) is 19.1 Å². The number of carboxylic acid groups (broad SMARTS) is 1. The second-order valence-electron chi connectivity index (χ2n) is 9.59. The van der Waals surface area contributed by atoms with Crippen molar-refractivity contribution >= 4 is 29.6 Å². The van der Waals surface area contributed by atoms with Gasteiger partial charge in [0.1, 0.15) is 12.6 Å². The first-order chi connectivity index (χ1) is 19.4. The molecule has 1 heterocycles. The quantitative estimate of drug-likeness (QED) is 0.396. The number of hydrogen-bond donors (Lipinski definition) is 3. The van der Waals surface area contributed by atoms with E-state index in [2.05, 4.69) is 10.6 Å². The van der Waals surface area contributed by atoms with E-state index in [1.54, 1.807) is 4.90 Å². The first-order valence-corrected chi connectivity index (χ1v) is 13.0. The molecule has 40 heavy (non-hydrogen) atoms. The third-order valence-corrected chi connectivity index (χ3v) is 7.09. The van der Waals surface area contributed by atoms with Gasteiger partial charge in [-0.3, -0.25) is 9.59 Å². The van der Waals surface area contributed by atoms with E-state index in [0.29, 0.717) is 32.0 Å². The van der Waals surface area contributed by atoms with Gasteiger partial charge in [0.25, 0.3) is 0 Å². The number of morpholine rings is 1. The van der Waals surface area contributed by atoms with Crippen LogP contribution in [0.3, 0.4) is 0 Å². The normalized spacial score (nSPS) is 14.9.